The third-order valence-electron chi connectivity index (χ3n) is 3.84. The van der Waals surface area contributed by atoms with Gasteiger partial charge in [-0.25, -0.2) is 4.39 Å². The number of rotatable bonds is 3. The average molecular weight is 366 g/mol. The maximum Gasteiger partial charge on any atom is 0.239 e. The summed E-state index contributed by atoms with van der Waals surface area (Å²) in [6, 6.07) is 4.91. The summed E-state index contributed by atoms with van der Waals surface area (Å²) in [4.78, 5) is 14.2. The van der Waals surface area contributed by atoms with Crippen LogP contribution in [0.2, 0.25) is 0 Å². The van der Waals surface area contributed by atoms with Gasteiger partial charge in [0.1, 0.15) is 5.82 Å². The van der Waals surface area contributed by atoms with Crippen molar-refractivity contribution in [3.05, 3.63) is 29.6 Å². The highest BCUT2D eigenvalue weighted by atomic mass is 35.5. The van der Waals surface area contributed by atoms with Crippen LogP contribution in [-0.4, -0.2) is 30.6 Å². The quantitative estimate of drug-likeness (QED) is 0.865. The lowest BCUT2D eigenvalue weighted by Gasteiger charge is -2.36. The Morgan fingerprint density at radius 2 is 2.04 bits per heavy atom. The molecule has 3 N–H and O–H groups in total. The van der Waals surface area contributed by atoms with Crippen molar-refractivity contribution in [2.75, 3.05) is 18.0 Å². The minimum Gasteiger partial charge on any atom is -0.369 e. The SMILES string of the molecule is Cc1cc(F)ccc1N1CCCC(NC(=O)C(C)(C)N)C1.Cl.Cl. The number of amides is 1. The van der Waals surface area contributed by atoms with Crippen LogP contribution in [0.25, 0.3) is 0 Å². The van der Waals surface area contributed by atoms with Crippen molar-refractivity contribution in [2.24, 2.45) is 5.73 Å². The van der Waals surface area contributed by atoms with Gasteiger partial charge in [-0.1, -0.05) is 0 Å². The first-order chi connectivity index (χ1) is 9.77. The number of aryl methyl sites for hydroxylation is 1. The molecule has 1 saturated heterocycles. The van der Waals surface area contributed by atoms with Crippen molar-refractivity contribution in [1.82, 2.24) is 5.32 Å². The highest BCUT2D eigenvalue weighted by Gasteiger charge is 2.27. The van der Waals surface area contributed by atoms with E-state index in [9.17, 15) is 9.18 Å². The van der Waals surface area contributed by atoms with Gasteiger partial charge in [0.05, 0.1) is 5.54 Å². The monoisotopic (exact) mass is 365 g/mol. The molecule has 4 nitrogen and oxygen atoms in total. The topological polar surface area (TPSA) is 58.4 Å². The first-order valence-electron chi connectivity index (χ1n) is 7.38. The van der Waals surface area contributed by atoms with Gasteiger partial charge >= 0.3 is 0 Å². The van der Waals surface area contributed by atoms with Crippen LogP contribution < -0.4 is 16.0 Å². The highest BCUT2D eigenvalue weighted by Crippen LogP contribution is 2.24. The van der Waals surface area contributed by atoms with Crippen molar-refractivity contribution in [1.29, 1.82) is 0 Å². The summed E-state index contributed by atoms with van der Waals surface area (Å²) in [5.74, 6) is -0.354. The van der Waals surface area contributed by atoms with E-state index < -0.39 is 5.54 Å². The molecule has 1 heterocycles. The number of anilines is 1. The molecule has 1 fully saturated rings. The summed E-state index contributed by atoms with van der Waals surface area (Å²) in [5.41, 5.74) is 6.90. The third kappa shape index (κ3) is 5.83. The number of hydrogen-bond acceptors (Lipinski definition) is 3. The van der Waals surface area contributed by atoms with Crippen LogP contribution in [-0.2, 0) is 4.79 Å². The molecule has 1 atom stereocenters. The Labute approximate surface area is 149 Å². The Morgan fingerprint density at radius 1 is 1.39 bits per heavy atom. The molecule has 1 unspecified atom stereocenters. The maximum absolute atomic E-state index is 13.2. The molecule has 0 spiro atoms. The van der Waals surface area contributed by atoms with Crippen LogP contribution in [0, 0.1) is 12.7 Å². The molecular formula is C16H26Cl2FN3O. The van der Waals surface area contributed by atoms with E-state index in [0.29, 0.717) is 0 Å². The van der Waals surface area contributed by atoms with Crippen LogP contribution in [0.3, 0.4) is 0 Å². The Hall–Kier alpha value is -1.04. The van der Waals surface area contributed by atoms with E-state index in [1.165, 1.54) is 6.07 Å². The molecule has 1 aliphatic rings. The van der Waals surface area contributed by atoms with Crippen LogP contribution >= 0.6 is 24.8 Å². The van der Waals surface area contributed by atoms with Gasteiger partial charge < -0.3 is 16.0 Å². The number of nitrogens with two attached hydrogens (primary N) is 1. The molecule has 2 rings (SSSR count). The summed E-state index contributed by atoms with van der Waals surface area (Å²) in [6.07, 6.45) is 1.94. The summed E-state index contributed by atoms with van der Waals surface area (Å²) >= 11 is 0. The van der Waals surface area contributed by atoms with Gasteiger partial charge in [0.25, 0.3) is 0 Å². The zero-order valence-corrected chi connectivity index (χ0v) is 15.4. The number of carbonyl (C=O) groups is 1. The number of piperidine rings is 1. The number of carbonyl (C=O) groups excluding carboxylic acids is 1. The molecule has 1 aromatic carbocycles. The van der Waals surface area contributed by atoms with E-state index in [1.807, 2.05) is 13.0 Å². The highest BCUT2D eigenvalue weighted by molar-refractivity contribution is 5.86. The van der Waals surface area contributed by atoms with Gasteiger partial charge in [0.2, 0.25) is 5.91 Å². The molecule has 0 aromatic heterocycles. The van der Waals surface area contributed by atoms with Crippen molar-refractivity contribution in [3.8, 4) is 0 Å². The molecule has 23 heavy (non-hydrogen) atoms. The average Bonchev–Trinajstić information content (AvgIpc) is 2.37. The Balaban J connectivity index is 0.00000242. The van der Waals surface area contributed by atoms with Crippen LogP contribution in [0.4, 0.5) is 10.1 Å². The fourth-order valence-corrected chi connectivity index (χ4v) is 2.66. The standard InChI is InChI=1S/C16H24FN3O.2ClH/c1-11-9-12(17)6-7-14(11)20-8-4-5-13(10-20)19-15(21)16(2,3)18;;/h6-7,9,13H,4-5,8,10,18H2,1-3H3,(H,19,21);2*1H. The Bertz CT molecular complexity index is 535. The first-order valence-corrected chi connectivity index (χ1v) is 7.38. The summed E-state index contributed by atoms with van der Waals surface area (Å²) in [5, 5.41) is 3.01. The van der Waals surface area contributed by atoms with E-state index in [-0.39, 0.29) is 42.6 Å². The van der Waals surface area contributed by atoms with Gasteiger partial charge in [-0.2, -0.15) is 0 Å². The largest absolute Gasteiger partial charge is 0.369 e. The van der Waals surface area contributed by atoms with E-state index >= 15 is 0 Å². The molecular weight excluding hydrogens is 340 g/mol. The fourth-order valence-electron chi connectivity index (χ4n) is 2.66. The minimum atomic E-state index is -0.867. The molecule has 1 amide bonds. The Morgan fingerprint density at radius 3 is 2.61 bits per heavy atom. The predicted octanol–water partition coefficient (Wildman–Crippen LogP) is 2.80. The lowest BCUT2D eigenvalue weighted by molar-refractivity contribution is -0.126. The van der Waals surface area contributed by atoms with Crippen LogP contribution in [0.15, 0.2) is 18.2 Å². The van der Waals surface area contributed by atoms with Crippen molar-refractivity contribution in [2.45, 2.75) is 45.2 Å². The second-order valence-corrected chi connectivity index (χ2v) is 6.41. The smallest absolute Gasteiger partial charge is 0.239 e. The second-order valence-electron chi connectivity index (χ2n) is 6.41. The number of nitrogens with one attached hydrogen (secondary N) is 1. The van der Waals surface area contributed by atoms with E-state index in [0.717, 1.165) is 37.2 Å². The molecule has 0 bridgehead atoms. The Kier molecular flexibility index (Phi) is 8.32. The lowest BCUT2D eigenvalue weighted by atomic mass is 10.0. The van der Waals surface area contributed by atoms with Gasteiger partial charge in [-0.05, 0) is 57.4 Å². The zero-order valence-electron chi connectivity index (χ0n) is 13.8. The minimum absolute atomic E-state index is 0. The van der Waals surface area contributed by atoms with Gasteiger partial charge in [0.15, 0.2) is 0 Å². The molecule has 1 aromatic rings. The molecule has 7 heteroatoms. The summed E-state index contributed by atoms with van der Waals surface area (Å²) in [6.45, 7) is 6.96. The first kappa shape index (κ1) is 22.0. The van der Waals surface area contributed by atoms with Gasteiger partial charge in [-0.3, -0.25) is 4.79 Å². The van der Waals surface area contributed by atoms with Crippen molar-refractivity contribution < 1.29 is 9.18 Å². The summed E-state index contributed by atoms with van der Waals surface area (Å²) < 4.78 is 13.2. The number of halogens is 3. The van der Waals surface area contributed by atoms with Gasteiger partial charge in [0, 0.05) is 24.8 Å². The molecule has 1 aliphatic heterocycles. The molecule has 0 radical (unpaired) electrons. The third-order valence-corrected chi connectivity index (χ3v) is 3.84. The number of nitrogens with zero attached hydrogens (tertiary/aromatic N) is 1. The molecule has 0 saturated carbocycles. The van der Waals surface area contributed by atoms with E-state index in [1.54, 1.807) is 19.9 Å². The second kappa shape index (κ2) is 8.71. The van der Waals surface area contributed by atoms with Gasteiger partial charge in [-0.15, -0.1) is 24.8 Å². The van der Waals surface area contributed by atoms with Crippen molar-refractivity contribution in [3.63, 3.8) is 0 Å². The predicted molar refractivity (Wildman–Crippen MR) is 97.3 cm³/mol. The maximum atomic E-state index is 13.2. The van der Waals surface area contributed by atoms with Crippen LogP contribution in [0.1, 0.15) is 32.3 Å². The van der Waals surface area contributed by atoms with E-state index in [4.69, 9.17) is 5.73 Å². The lowest BCUT2D eigenvalue weighted by Crippen LogP contribution is -2.56. The molecule has 0 aliphatic carbocycles. The van der Waals surface area contributed by atoms with Crippen molar-refractivity contribution >= 4 is 36.4 Å². The molecule has 132 valence electrons. The number of benzene rings is 1. The van der Waals surface area contributed by atoms with E-state index in [2.05, 4.69) is 10.2 Å². The zero-order chi connectivity index (χ0) is 15.6. The fraction of sp³-hybridized carbons (Fsp3) is 0.562. The van der Waals surface area contributed by atoms with Crippen LogP contribution in [0.5, 0.6) is 0 Å². The number of hydrogen-bond donors (Lipinski definition) is 2. The normalized spacial score (nSPS) is 17.8. The summed E-state index contributed by atoms with van der Waals surface area (Å²) in [7, 11) is 0.